The minimum atomic E-state index is -1.15. The summed E-state index contributed by atoms with van der Waals surface area (Å²) in [7, 11) is 1.25. The molecule has 0 fully saturated rings. The van der Waals surface area contributed by atoms with E-state index < -0.39 is 18.0 Å². The van der Waals surface area contributed by atoms with Gasteiger partial charge in [0, 0.05) is 40.7 Å². The molecule has 0 bridgehead atoms. The van der Waals surface area contributed by atoms with Gasteiger partial charge in [-0.15, -0.1) is 0 Å². The molecule has 1 aromatic heterocycles. The van der Waals surface area contributed by atoms with Gasteiger partial charge in [0.15, 0.2) is 6.04 Å². The Labute approximate surface area is 189 Å². The van der Waals surface area contributed by atoms with Gasteiger partial charge in [-0.1, -0.05) is 37.0 Å². The Morgan fingerprint density at radius 2 is 1.93 bits per heavy atom. The Balaban J connectivity index is 2.27. The molecule has 2 rings (SSSR count). The molecule has 1 N–H and O–H groups in total. The average molecular weight is 472 g/mol. The number of carbonyl (C=O) groups is 2. The average Bonchev–Trinajstić information content (AvgIpc) is 3.08. The van der Waals surface area contributed by atoms with E-state index in [-0.39, 0.29) is 23.1 Å². The smallest absolute Gasteiger partial charge is 0.350 e. The molecular formula is C20H23Cl2N3O4S. The van der Waals surface area contributed by atoms with Crippen LogP contribution in [0.3, 0.4) is 0 Å². The molecule has 0 amide bonds. The van der Waals surface area contributed by atoms with Crippen molar-refractivity contribution in [3.05, 3.63) is 52.0 Å². The van der Waals surface area contributed by atoms with Gasteiger partial charge in [0.2, 0.25) is 0 Å². The normalized spacial score (nSPS) is 12.8. The zero-order valence-electron chi connectivity index (χ0n) is 16.8. The highest BCUT2D eigenvalue weighted by Crippen LogP contribution is 2.21. The Morgan fingerprint density at radius 3 is 2.50 bits per heavy atom. The Hall–Kier alpha value is -2.03. The van der Waals surface area contributed by atoms with Gasteiger partial charge in [-0.05, 0) is 29.0 Å². The number of nitrogens with zero attached hydrogens (tertiary/aromatic N) is 3. The molecule has 30 heavy (non-hydrogen) atoms. The van der Waals surface area contributed by atoms with Gasteiger partial charge in [-0.3, -0.25) is 4.99 Å². The third kappa shape index (κ3) is 7.34. The molecule has 1 aromatic carbocycles. The van der Waals surface area contributed by atoms with Crippen LogP contribution in [-0.2, 0) is 27.3 Å². The zero-order chi connectivity index (χ0) is 22.3. The number of halogens is 2. The van der Waals surface area contributed by atoms with Crippen molar-refractivity contribution in [1.29, 1.82) is 0 Å². The molecule has 0 saturated heterocycles. The van der Waals surface area contributed by atoms with Crippen molar-refractivity contribution in [2.24, 2.45) is 4.99 Å². The molecule has 7 nitrogen and oxygen atoms in total. The second-order valence-corrected chi connectivity index (χ2v) is 9.21. The molecule has 1 heterocycles. The van der Waals surface area contributed by atoms with Gasteiger partial charge in [0.05, 0.1) is 13.4 Å². The number of aromatic nitrogens is 2. The number of ether oxygens (including phenoxy) is 1. The number of esters is 1. The van der Waals surface area contributed by atoms with E-state index in [1.54, 1.807) is 30.7 Å². The number of carboxylic acid groups (broad SMARTS) is 1. The number of carboxylic acids is 1. The first-order valence-corrected chi connectivity index (χ1v) is 10.9. The van der Waals surface area contributed by atoms with E-state index >= 15 is 0 Å². The van der Waals surface area contributed by atoms with Crippen molar-refractivity contribution in [2.45, 2.75) is 38.1 Å². The van der Waals surface area contributed by atoms with E-state index in [1.807, 2.05) is 18.4 Å². The molecule has 0 saturated carbocycles. The highest BCUT2D eigenvalue weighted by atomic mass is 35.5. The van der Waals surface area contributed by atoms with Crippen LogP contribution >= 0.6 is 35.0 Å². The minimum Gasteiger partial charge on any atom is -0.477 e. The maximum absolute atomic E-state index is 12.3. The number of carbonyl (C=O) groups excluding carboxylic acids is 1. The van der Waals surface area contributed by atoms with Crippen LogP contribution in [0, 0.1) is 0 Å². The lowest BCUT2D eigenvalue weighted by Crippen LogP contribution is -2.28. The van der Waals surface area contributed by atoms with Gasteiger partial charge in [-0.25, -0.2) is 14.6 Å². The fourth-order valence-electron chi connectivity index (χ4n) is 2.66. The van der Waals surface area contributed by atoms with Crippen LogP contribution in [0.15, 0.2) is 35.7 Å². The molecular weight excluding hydrogens is 449 g/mol. The zero-order valence-corrected chi connectivity index (χ0v) is 19.2. The molecule has 0 radical (unpaired) electrons. The van der Waals surface area contributed by atoms with Crippen LogP contribution in [0.5, 0.6) is 0 Å². The number of aliphatic imine (C=N–C) groups is 1. The van der Waals surface area contributed by atoms with Crippen LogP contribution in [0.25, 0.3) is 0 Å². The van der Waals surface area contributed by atoms with Gasteiger partial charge in [0.1, 0.15) is 5.71 Å². The monoisotopic (exact) mass is 471 g/mol. The number of benzene rings is 1. The quantitative estimate of drug-likeness (QED) is 0.415. The van der Waals surface area contributed by atoms with Crippen LogP contribution in [0.4, 0.5) is 0 Å². The Kier molecular flexibility index (Phi) is 9.20. The summed E-state index contributed by atoms with van der Waals surface area (Å²) in [5, 5.41) is 10.7. The first-order chi connectivity index (χ1) is 14.2. The SMILES string of the molecule is COC(=O)C(Cc1cncn1Cc1cc(Cl)cc(Cl)c1)N=C(CSC(C)C)C(=O)O. The predicted molar refractivity (Wildman–Crippen MR) is 120 cm³/mol. The van der Waals surface area contributed by atoms with E-state index in [0.29, 0.717) is 22.3 Å². The number of hydrogen-bond acceptors (Lipinski definition) is 6. The number of rotatable bonds is 10. The lowest BCUT2D eigenvalue weighted by molar-refractivity contribution is -0.142. The van der Waals surface area contributed by atoms with Crippen molar-refractivity contribution in [1.82, 2.24) is 9.55 Å². The maximum atomic E-state index is 12.3. The summed E-state index contributed by atoms with van der Waals surface area (Å²) in [4.78, 5) is 32.3. The van der Waals surface area contributed by atoms with Crippen molar-refractivity contribution < 1.29 is 19.4 Å². The fourth-order valence-corrected chi connectivity index (χ4v) is 3.92. The number of imidazole rings is 1. The number of thioether (sulfide) groups is 1. The molecule has 0 aliphatic heterocycles. The number of hydrogen-bond donors (Lipinski definition) is 1. The molecule has 0 spiro atoms. The summed E-state index contributed by atoms with van der Waals surface area (Å²) >= 11 is 13.6. The molecule has 0 aliphatic rings. The predicted octanol–water partition coefficient (Wildman–Crippen LogP) is 3.99. The summed E-state index contributed by atoms with van der Waals surface area (Å²) in [6.07, 6.45) is 3.37. The van der Waals surface area contributed by atoms with Crippen LogP contribution < -0.4 is 0 Å². The molecule has 10 heteroatoms. The molecule has 2 aromatic rings. The lowest BCUT2D eigenvalue weighted by atomic mass is 10.1. The van der Waals surface area contributed by atoms with E-state index in [9.17, 15) is 14.7 Å². The van der Waals surface area contributed by atoms with E-state index in [4.69, 9.17) is 27.9 Å². The van der Waals surface area contributed by atoms with Crippen molar-refractivity contribution in [3.63, 3.8) is 0 Å². The standard InChI is InChI=1S/C20H23Cl2N3O4S/c1-12(2)30-10-18(19(26)27)24-17(20(28)29-3)7-16-8-23-11-25(16)9-13-4-14(21)6-15(22)5-13/h4-6,8,11-12,17H,7,9-10H2,1-3H3,(H,26,27). The highest BCUT2D eigenvalue weighted by molar-refractivity contribution is 8.00. The summed E-state index contributed by atoms with van der Waals surface area (Å²) in [5.41, 5.74) is 1.49. The van der Waals surface area contributed by atoms with E-state index in [1.165, 1.54) is 18.9 Å². The number of methoxy groups -OCH3 is 1. The van der Waals surface area contributed by atoms with Gasteiger partial charge in [0.25, 0.3) is 0 Å². The molecule has 1 atom stereocenters. The third-order valence-electron chi connectivity index (χ3n) is 4.06. The van der Waals surface area contributed by atoms with Gasteiger partial charge >= 0.3 is 11.9 Å². The van der Waals surface area contributed by atoms with Crippen LogP contribution in [0.1, 0.15) is 25.1 Å². The van der Waals surface area contributed by atoms with Gasteiger partial charge < -0.3 is 14.4 Å². The topological polar surface area (TPSA) is 93.8 Å². The first-order valence-electron chi connectivity index (χ1n) is 9.13. The Morgan fingerprint density at radius 1 is 1.27 bits per heavy atom. The van der Waals surface area contributed by atoms with E-state index in [0.717, 1.165) is 5.56 Å². The van der Waals surface area contributed by atoms with Crippen LogP contribution in [-0.4, -0.2) is 56.5 Å². The first kappa shape index (κ1) is 24.2. The van der Waals surface area contributed by atoms with E-state index in [2.05, 4.69) is 9.98 Å². The largest absolute Gasteiger partial charge is 0.477 e. The molecule has 0 aliphatic carbocycles. The Bertz CT molecular complexity index is 910. The molecule has 162 valence electrons. The second kappa shape index (κ2) is 11.4. The lowest BCUT2D eigenvalue weighted by Gasteiger charge is -2.14. The fraction of sp³-hybridized carbons (Fsp3) is 0.400. The summed E-state index contributed by atoms with van der Waals surface area (Å²) in [6.45, 7) is 4.35. The highest BCUT2D eigenvalue weighted by Gasteiger charge is 2.24. The molecule has 1 unspecified atom stereocenters. The second-order valence-electron chi connectivity index (χ2n) is 6.77. The summed E-state index contributed by atoms with van der Waals surface area (Å²) in [6, 6.07) is 4.23. The van der Waals surface area contributed by atoms with Crippen LogP contribution in [0.2, 0.25) is 10.0 Å². The van der Waals surface area contributed by atoms with Crippen molar-refractivity contribution >= 4 is 52.6 Å². The van der Waals surface area contributed by atoms with Crippen molar-refractivity contribution in [3.8, 4) is 0 Å². The van der Waals surface area contributed by atoms with Crippen molar-refractivity contribution in [2.75, 3.05) is 12.9 Å². The minimum absolute atomic E-state index is 0.0724. The maximum Gasteiger partial charge on any atom is 0.350 e. The van der Waals surface area contributed by atoms with Gasteiger partial charge in [-0.2, -0.15) is 11.8 Å². The third-order valence-corrected chi connectivity index (χ3v) is 5.60. The number of aliphatic carboxylic acids is 1. The summed E-state index contributed by atoms with van der Waals surface area (Å²) < 4.78 is 6.68. The summed E-state index contributed by atoms with van der Waals surface area (Å²) in [5.74, 6) is -1.57.